The molecule has 10 heteroatoms. The van der Waals surface area contributed by atoms with Crippen molar-refractivity contribution in [1.82, 2.24) is 14.5 Å². The first-order valence-corrected chi connectivity index (χ1v) is 9.25. The van der Waals surface area contributed by atoms with Crippen LogP contribution in [0.2, 0.25) is 0 Å². The third-order valence-corrected chi connectivity index (χ3v) is 5.77. The van der Waals surface area contributed by atoms with Crippen LogP contribution in [0, 0.1) is 0 Å². The summed E-state index contributed by atoms with van der Waals surface area (Å²) in [5.74, 6) is -0.142. The zero-order valence-corrected chi connectivity index (χ0v) is 14.5. The van der Waals surface area contributed by atoms with Crippen LogP contribution in [0.1, 0.15) is 12.5 Å². The third-order valence-electron chi connectivity index (χ3n) is 3.87. The van der Waals surface area contributed by atoms with Gasteiger partial charge in [0.05, 0.1) is 17.0 Å². The molecule has 0 aromatic heterocycles. The number of halogens is 3. The van der Waals surface area contributed by atoms with Crippen molar-refractivity contribution in [3.63, 3.8) is 0 Å². The van der Waals surface area contributed by atoms with E-state index in [-0.39, 0.29) is 30.4 Å². The fourth-order valence-corrected chi connectivity index (χ4v) is 4.03. The second kappa shape index (κ2) is 7.71. The average Bonchev–Trinajstić information content (AvgIpc) is 2.55. The predicted molar refractivity (Wildman–Crippen MR) is 85.3 cm³/mol. The summed E-state index contributed by atoms with van der Waals surface area (Å²) in [5, 5.41) is 2.66. The summed E-state index contributed by atoms with van der Waals surface area (Å²) in [5.41, 5.74) is -0.997. The van der Waals surface area contributed by atoms with E-state index in [9.17, 15) is 26.4 Å². The zero-order valence-electron chi connectivity index (χ0n) is 13.7. The Morgan fingerprint density at radius 1 is 1.20 bits per heavy atom. The number of nitrogens with one attached hydrogen (secondary N) is 1. The van der Waals surface area contributed by atoms with Crippen LogP contribution >= 0.6 is 0 Å². The molecule has 0 spiro atoms. The summed E-state index contributed by atoms with van der Waals surface area (Å²) in [6, 6.07) is 3.73. The number of nitrogens with zero attached hydrogens (tertiary/aromatic N) is 2. The van der Waals surface area contributed by atoms with E-state index in [4.69, 9.17) is 0 Å². The van der Waals surface area contributed by atoms with Gasteiger partial charge in [0.15, 0.2) is 0 Å². The normalized spacial score (nSPS) is 17.4. The maximum atomic E-state index is 12.8. The number of benzene rings is 1. The van der Waals surface area contributed by atoms with E-state index < -0.39 is 21.8 Å². The number of sulfonamides is 1. The highest BCUT2D eigenvalue weighted by Gasteiger charge is 2.34. The van der Waals surface area contributed by atoms with Crippen LogP contribution in [0.4, 0.5) is 13.2 Å². The van der Waals surface area contributed by atoms with Crippen molar-refractivity contribution in [2.75, 3.05) is 39.3 Å². The molecular weight excluding hydrogens is 359 g/mol. The van der Waals surface area contributed by atoms with E-state index in [1.807, 2.05) is 4.90 Å². The van der Waals surface area contributed by atoms with Gasteiger partial charge in [-0.25, -0.2) is 8.42 Å². The molecule has 0 atom stereocenters. The van der Waals surface area contributed by atoms with Gasteiger partial charge in [0.2, 0.25) is 15.9 Å². The SMILES string of the molecule is CCNC(=O)CN1CCN(S(=O)(=O)c2cccc(C(F)(F)F)c2)CC1. The maximum Gasteiger partial charge on any atom is 0.416 e. The molecule has 140 valence electrons. The van der Waals surface area contributed by atoms with Gasteiger partial charge in [-0.1, -0.05) is 6.07 Å². The zero-order chi connectivity index (χ0) is 18.7. The van der Waals surface area contributed by atoms with Crippen LogP contribution < -0.4 is 5.32 Å². The monoisotopic (exact) mass is 379 g/mol. The summed E-state index contributed by atoms with van der Waals surface area (Å²) in [7, 11) is -4.00. The fraction of sp³-hybridized carbons (Fsp3) is 0.533. The number of rotatable bonds is 5. The van der Waals surface area contributed by atoms with E-state index in [0.29, 0.717) is 25.7 Å². The molecule has 0 saturated carbocycles. The average molecular weight is 379 g/mol. The number of carbonyl (C=O) groups excluding carboxylic acids is 1. The van der Waals surface area contributed by atoms with Gasteiger partial charge in [-0.2, -0.15) is 17.5 Å². The minimum atomic E-state index is -4.60. The minimum absolute atomic E-state index is 0.123. The van der Waals surface area contributed by atoms with Crippen LogP contribution in [-0.4, -0.2) is 62.8 Å². The van der Waals surface area contributed by atoms with Crippen molar-refractivity contribution in [2.24, 2.45) is 0 Å². The number of hydrogen-bond donors (Lipinski definition) is 1. The van der Waals surface area contributed by atoms with Gasteiger partial charge >= 0.3 is 6.18 Å². The lowest BCUT2D eigenvalue weighted by Gasteiger charge is -2.33. The van der Waals surface area contributed by atoms with Crippen LogP contribution in [-0.2, 0) is 21.0 Å². The summed E-state index contributed by atoms with van der Waals surface area (Å²) >= 11 is 0. The largest absolute Gasteiger partial charge is 0.416 e. The first-order valence-electron chi connectivity index (χ1n) is 7.81. The molecule has 0 bridgehead atoms. The number of carbonyl (C=O) groups is 1. The summed E-state index contributed by atoms with van der Waals surface area (Å²) in [6.45, 7) is 3.42. The number of amides is 1. The van der Waals surface area contributed by atoms with Crippen molar-refractivity contribution in [1.29, 1.82) is 0 Å². The molecule has 1 heterocycles. The molecule has 1 aliphatic rings. The molecule has 2 rings (SSSR count). The second-order valence-corrected chi connectivity index (χ2v) is 7.60. The highest BCUT2D eigenvalue weighted by molar-refractivity contribution is 7.89. The first-order chi connectivity index (χ1) is 11.6. The smallest absolute Gasteiger partial charge is 0.355 e. The highest BCUT2D eigenvalue weighted by Crippen LogP contribution is 2.31. The molecule has 6 nitrogen and oxygen atoms in total. The van der Waals surface area contributed by atoms with Gasteiger partial charge in [-0.3, -0.25) is 9.69 Å². The van der Waals surface area contributed by atoms with Crippen molar-refractivity contribution in [3.05, 3.63) is 29.8 Å². The van der Waals surface area contributed by atoms with E-state index in [1.54, 1.807) is 6.92 Å². The Labute approximate surface area is 144 Å². The third kappa shape index (κ3) is 4.93. The standard InChI is InChI=1S/C15H20F3N3O3S/c1-2-19-14(22)11-20-6-8-21(9-7-20)25(23,24)13-5-3-4-12(10-13)15(16,17)18/h3-5,10H,2,6-9,11H2,1H3,(H,19,22). The van der Waals surface area contributed by atoms with Crippen molar-refractivity contribution < 1.29 is 26.4 Å². The van der Waals surface area contributed by atoms with Crippen LogP contribution in [0.5, 0.6) is 0 Å². The Hall–Kier alpha value is -1.65. The fourth-order valence-electron chi connectivity index (χ4n) is 2.57. The second-order valence-electron chi connectivity index (χ2n) is 5.66. The van der Waals surface area contributed by atoms with Crippen LogP contribution in [0.15, 0.2) is 29.2 Å². The van der Waals surface area contributed by atoms with E-state index >= 15 is 0 Å². The number of alkyl halides is 3. The van der Waals surface area contributed by atoms with Crippen LogP contribution in [0.25, 0.3) is 0 Å². The molecule has 0 aliphatic carbocycles. The number of hydrogen-bond acceptors (Lipinski definition) is 4. The molecule has 1 aliphatic heterocycles. The first kappa shape index (κ1) is 19.7. The van der Waals surface area contributed by atoms with Crippen molar-refractivity contribution in [3.8, 4) is 0 Å². The Kier molecular flexibility index (Phi) is 6.07. The number of piperazine rings is 1. The molecule has 1 amide bonds. The summed E-state index contributed by atoms with van der Waals surface area (Å²) < 4.78 is 64.6. The van der Waals surface area contributed by atoms with Crippen molar-refractivity contribution >= 4 is 15.9 Å². The molecule has 1 fully saturated rings. The molecule has 25 heavy (non-hydrogen) atoms. The van der Waals surface area contributed by atoms with Crippen LogP contribution in [0.3, 0.4) is 0 Å². The molecule has 1 aromatic carbocycles. The minimum Gasteiger partial charge on any atom is -0.355 e. The van der Waals surface area contributed by atoms with Gasteiger partial charge in [-0.15, -0.1) is 0 Å². The Morgan fingerprint density at radius 2 is 1.84 bits per heavy atom. The Balaban J connectivity index is 2.06. The predicted octanol–water partition coefficient (Wildman–Crippen LogP) is 1.15. The van der Waals surface area contributed by atoms with Gasteiger partial charge < -0.3 is 5.32 Å². The molecule has 0 unspecified atom stereocenters. The summed E-state index contributed by atoms with van der Waals surface area (Å²) in [4.78, 5) is 13.0. The molecular formula is C15H20F3N3O3S. The maximum absolute atomic E-state index is 12.8. The van der Waals surface area contributed by atoms with Gasteiger partial charge in [0.1, 0.15) is 0 Å². The Morgan fingerprint density at radius 3 is 2.40 bits per heavy atom. The van der Waals surface area contributed by atoms with Gasteiger partial charge in [-0.05, 0) is 25.1 Å². The lowest BCUT2D eigenvalue weighted by atomic mass is 10.2. The van der Waals surface area contributed by atoms with Gasteiger partial charge in [0.25, 0.3) is 0 Å². The molecule has 1 saturated heterocycles. The van der Waals surface area contributed by atoms with E-state index in [1.165, 1.54) is 0 Å². The van der Waals surface area contributed by atoms with Gasteiger partial charge in [0, 0.05) is 32.7 Å². The number of likely N-dealkylation sites (N-methyl/N-ethyl adjacent to an activating group) is 1. The van der Waals surface area contributed by atoms with E-state index in [2.05, 4.69) is 5.32 Å². The highest BCUT2D eigenvalue weighted by atomic mass is 32.2. The molecule has 1 aromatic rings. The molecule has 1 N–H and O–H groups in total. The van der Waals surface area contributed by atoms with E-state index in [0.717, 1.165) is 22.5 Å². The summed E-state index contributed by atoms with van der Waals surface area (Å²) in [6.07, 6.45) is -4.60. The molecule has 0 radical (unpaired) electrons. The lowest BCUT2D eigenvalue weighted by Crippen LogP contribution is -2.51. The lowest BCUT2D eigenvalue weighted by molar-refractivity contribution is -0.137. The topological polar surface area (TPSA) is 69.7 Å². The van der Waals surface area contributed by atoms with Crippen molar-refractivity contribution in [2.45, 2.75) is 18.0 Å². The Bertz CT molecular complexity index is 714. The quantitative estimate of drug-likeness (QED) is 0.833.